The molecule has 0 saturated carbocycles. The molecule has 2 nitrogen and oxygen atoms in total. The lowest BCUT2D eigenvalue weighted by atomic mass is 10.0. The van der Waals surface area contributed by atoms with Crippen molar-refractivity contribution in [3.63, 3.8) is 0 Å². The number of benzene rings is 1. The Bertz CT molecular complexity index is 516. The van der Waals surface area contributed by atoms with Crippen molar-refractivity contribution in [3.05, 3.63) is 64.7 Å². The minimum absolute atomic E-state index is 0.0285. The van der Waals surface area contributed by atoms with Crippen LogP contribution >= 0.6 is 11.6 Å². The van der Waals surface area contributed by atoms with Crippen molar-refractivity contribution < 1.29 is 4.39 Å². The van der Waals surface area contributed by atoms with E-state index in [4.69, 9.17) is 11.6 Å². The van der Waals surface area contributed by atoms with Crippen molar-refractivity contribution in [1.82, 2.24) is 10.3 Å². The molecular formula is C14H14ClFN2. The molecule has 0 aliphatic carbocycles. The Morgan fingerprint density at radius 2 is 2.11 bits per heavy atom. The molecule has 1 aromatic heterocycles. The lowest BCUT2D eigenvalue weighted by Gasteiger charge is -2.16. The summed E-state index contributed by atoms with van der Waals surface area (Å²) in [7, 11) is 1.84. The monoisotopic (exact) mass is 264 g/mol. The summed E-state index contributed by atoms with van der Waals surface area (Å²) in [4.78, 5) is 4.28. The topological polar surface area (TPSA) is 24.9 Å². The zero-order chi connectivity index (χ0) is 13.0. The van der Waals surface area contributed by atoms with Gasteiger partial charge >= 0.3 is 0 Å². The average molecular weight is 265 g/mol. The van der Waals surface area contributed by atoms with Gasteiger partial charge in [-0.3, -0.25) is 4.98 Å². The van der Waals surface area contributed by atoms with Gasteiger partial charge < -0.3 is 5.32 Å². The van der Waals surface area contributed by atoms with Gasteiger partial charge in [-0.05, 0) is 37.2 Å². The summed E-state index contributed by atoms with van der Waals surface area (Å²) < 4.78 is 13.8. The Morgan fingerprint density at radius 1 is 1.28 bits per heavy atom. The molecule has 0 aliphatic rings. The molecule has 94 valence electrons. The van der Waals surface area contributed by atoms with E-state index >= 15 is 0 Å². The van der Waals surface area contributed by atoms with Crippen molar-refractivity contribution in [2.24, 2.45) is 0 Å². The van der Waals surface area contributed by atoms with E-state index in [1.54, 1.807) is 24.4 Å². The van der Waals surface area contributed by atoms with Crippen LogP contribution in [0.5, 0.6) is 0 Å². The Kier molecular flexibility index (Phi) is 4.28. The summed E-state index contributed by atoms with van der Waals surface area (Å²) >= 11 is 5.78. The first-order valence-corrected chi connectivity index (χ1v) is 6.11. The van der Waals surface area contributed by atoms with Gasteiger partial charge in [-0.15, -0.1) is 0 Å². The van der Waals surface area contributed by atoms with E-state index in [0.29, 0.717) is 12.0 Å². The third-order valence-corrected chi connectivity index (χ3v) is 3.14. The largest absolute Gasteiger partial charge is 0.311 e. The molecular weight excluding hydrogens is 251 g/mol. The minimum Gasteiger partial charge on any atom is -0.311 e. The van der Waals surface area contributed by atoms with Crippen LogP contribution in [0.15, 0.2) is 42.6 Å². The van der Waals surface area contributed by atoms with Crippen LogP contribution in [0.25, 0.3) is 0 Å². The quantitative estimate of drug-likeness (QED) is 0.916. The molecule has 1 N–H and O–H groups in total. The van der Waals surface area contributed by atoms with Crippen molar-refractivity contribution in [2.45, 2.75) is 12.5 Å². The number of halogens is 2. The van der Waals surface area contributed by atoms with Gasteiger partial charge in [0.1, 0.15) is 5.82 Å². The van der Waals surface area contributed by atoms with E-state index < -0.39 is 0 Å². The first-order valence-electron chi connectivity index (χ1n) is 5.73. The predicted molar refractivity (Wildman–Crippen MR) is 71.2 cm³/mol. The highest BCUT2D eigenvalue weighted by Crippen LogP contribution is 2.22. The highest BCUT2D eigenvalue weighted by molar-refractivity contribution is 6.30. The van der Waals surface area contributed by atoms with Gasteiger partial charge in [0, 0.05) is 6.20 Å². The maximum absolute atomic E-state index is 13.8. The molecule has 0 fully saturated rings. The van der Waals surface area contributed by atoms with Gasteiger partial charge in [0.15, 0.2) is 0 Å². The first kappa shape index (κ1) is 13.0. The third kappa shape index (κ3) is 2.86. The molecule has 1 unspecified atom stereocenters. The predicted octanol–water partition coefficient (Wildman–Crippen LogP) is 3.38. The van der Waals surface area contributed by atoms with Crippen LogP contribution in [0.2, 0.25) is 5.02 Å². The molecule has 0 saturated heterocycles. The smallest absolute Gasteiger partial charge is 0.145 e. The second-order valence-electron chi connectivity index (χ2n) is 4.01. The Labute approximate surface area is 111 Å². The van der Waals surface area contributed by atoms with Crippen molar-refractivity contribution in [2.75, 3.05) is 7.05 Å². The van der Waals surface area contributed by atoms with E-state index in [2.05, 4.69) is 10.3 Å². The van der Waals surface area contributed by atoms with Crippen molar-refractivity contribution in [3.8, 4) is 0 Å². The summed E-state index contributed by atoms with van der Waals surface area (Å²) in [6, 6.07) is 10.7. The summed E-state index contributed by atoms with van der Waals surface area (Å²) in [6.45, 7) is 0. The van der Waals surface area contributed by atoms with Crippen LogP contribution in [0.1, 0.15) is 17.3 Å². The first-order chi connectivity index (χ1) is 8.72. The average Bonchev–Trinajstić information content (AvgIpc) is 2.41. The number of hydrogen-bond acceptors (Lipinski definition) is 2. The van der Waals surface area contributed by atoms with E-state index in [-0.39, 0.29) is 16.9 Å². The lowest BCUT2D eigenvalue weighted by Crippen LogP contribution is -2.20. The molecule has 0 bridgehead atoms. The van der Waals surface area contributed by atoms with Crippen LogP contribution in [-0.4, -0.2) is 12.0 Å². The van der Waals surface area contributed by atoms with Crippen LogP contribution in [-0.2, 0) is 6.42 Å². The SMILES string of the molecule is CNC(Cc1cccc(Cl)c1F)c1ccccn1. The van der Waals surface area contributed by atoms with Crippen LogP contribution < -0.4 is 5.32 Å². The Balaban J connectivity index is 2.24. The molecule has 0 amide bonds. The minimum atomic E-state index is -0.352. The molecule has 1 aromatic carbocycles. The van der Waals surface area contributed by atoms with Gasteiger partial charge in [-0.25, -0.2) is 4.39 Å². The number of rotatable bonds is 4. The van der Waals surface area contributed by atoms with Gasteiger partial charge in [-0.2, -0.15) is 0 Å². The highest BCUT2D eigenvalue weighted by Gasteiger charge is 2.14. The number of likely N-dealkylation sites (N-methyl/N-ethyl adjacent to an activating group) is 1. The number of aromatic nitrogens is 1. The molecule has 0 aliphatic heterocycles. The van der Waals surface area contributed by atoms with Crippen LogP contribution in [0.4, 0.5) is 4.39 Å². The van der Waals surface area contributed by atoms with E-state index in [1.807, 2.05) is 25.2 Å². The molecule has 0 radical (unpaired) electrons. The van der Waals surface area contributed by atoms with Gasteiger partial charge in [-0.1, -0.05) is 29.8 Å². The fourth-order valence-electron chi connectivity index (χ4n) is 1.86. The second-order valence-corrected chi connectivity index (χ2v) is 4.42. The van der Waals surface area contributed by atoms with Crippen molar-refractivity contribution in [1.29, 1.82) is 0 Å². The summed E-state index contributed by atoms with van der Waals surface area (Å²) in [5.41, 5.74) is 1.48. The molecule has 2 rings (SSSR count). The van der Waals surface area contributed by atoms with E-state index in [1.165, 1.54) is 0 Å². The molecule has 0 spiro atoms. The second kappa shape index (κ2) is 5.94. The Hall–Kier alpha value is -1.45. The molecule has 18 heavy (non-hydrogen) atoms. The number of nitrogens with one attached hydrogen (secondary N) is 1. The summed E-state index contributed by atoms with van der Waals surface area (Å²) in [5, 5.41) is 3.30. The molecule has 1 heterocycles. The zero-order valence-corrected chi connectivity index (χ0v) is 10.8. The zero-order valence-electron chi connectivity index (χ0n) is 10.0. The highest BCUT2D eigenvalue weighted by atomic mass is 35.5. The Morgan fingerprint density at radius 3 is 2.78 bits per heavy atom. The van der Waals surface area contributed by atoms with Gasteiger partial charge in [0.2, 0.25) is 0 Å². The maximum atomic E-state index is 13.8. The normalized spacial score (nSPS) is 12.4. The van der Waals surface area contributed by atoms with Crippen molar-refractivity contribution >= 4 is 11.6 Å². The molecule has 4 heteroatoms. The summed E-state index contributed by atoms with van der Waals surface area (Å²) in [5.74, 6) is -0.352. The molecule has 2 aromatic rings. The van der Waals surface area contributed by atoms with Gasteiger partial charge in [0.05, 0.1) is 16.8 Å². The van der Waals surface area contributed by atoms with Gasteiger partial charge in [0.25, 0.3) is 0 Å². The number of hydrogen-bond donors (Lipinski definition) is 1. The van der Waals surface area contributed by atoms with Crippen LogP contribution in [0, 0.1) is 5.82 Å². The maximum Gasteiger partial charge on any atom is 0.145 e. The van der Waals surface area contributed by atoms with Crippen LogP contribution in [0.3, 0.4) is 0 Å². The van der Waals surface area contributed by atoms with E-state index in [9.17, 15) is 4.39 Å². The summed E-state index contributed by atoms with van der Waals surface area (Å²) in [6.07, 6.45) is 2.24. The number of nitrogens with zero attached hydrogens (tertiary/aromatic N) is 1. The number of pyridine rings is 1. The lowest BCUT2D eigenvalue weighted by molar-refractivity contribution is 0.545. The third-order valence-electron chi connectivity index (χ3n) is 2.85. The molecule has 1 atom stereocenters. The fraction of sp³-hybridized carbons (Fsp3) is 0.214. The standard InChI is InChI=1S/C14H14ClFN2/c1-17-13(12-7-2-3-8-18-12)9-10-5-4-6-11(15)14(10)16/h2-8,13,17H,9H2,1H3. The van der Waals surface area contributed by atoms with E-state index in [0.717, 1.165) is 5.69 Å². The fourth-order valence-corrected chi connectivity index (χ4v) is 2.06.